The third-order valence-corrected chi connectivity index (χ3v) is 8.43. The molecule has 192 valence electrons. The molecule has 0 radical (unpaired) electrons. The summed E-state index contributed by atoms with van der Waals surface area (Å²) in [6.07, 6.45) is 11.0. The summed E-state index contributed by atoms with van der Waals surface area (Å²) in [7, 11) is 1.40. The van der Waals surface area contributed by atoms with Crippen molar-refractivity contribution in [3.8, 4) is 5.75 Å². The maximum atomic E-state index is 13.8. The van der Waals surface area contributed by atoms with E-state index in [1.54, 1.807) is 12.1 Å². The van der Waals surface area contributed by atoms with Gasteiger partial charge < -0.3 is 15.8 Å². The number of fused-ring (bicyclic) bond motifs is 2. The number of nitrogens with zero attached hydrogens (tertiary/aromatic N) is 1. The second-order valence-electron chi connectivity index (χ2n) is 10.7. The number of hydrogen-bond donors (Lipinski definition) is 3. The number of nitrogens with one attached hydrogen (secondary N) is 2. The quantitative estimate of drug-likeness (QED) is 0.356. The van der Waals surface area contributed by atoms with Crippen molar-refractivity contribution in [1.29, 1.82) is 5.41 Å². The van der Waals surface area contributed by atoms with Crippen molar-refractivity contribution in [2.45, 2.75) is 83.2 Å². The standard InChI is InChI=1S/C27H39FN4O3/c1-35-24-14-19(8-10-22(24)28)16-31-26(34)23(13-17-5-3-2-4-6-17)32(27(29)30)25(33)15-21-12-18-7-9-20(21)11-18/h8,10,14,17-18,20-21,23H,2-7,9,11-13,15-16H2,1H3,(H3,29,30)(H,31,34)/t18-,20?,21?,23-/m1/s1. The molecule has 0 aromatic heterocycles. The molecule has 2 amide bonds. The lowest BCUT2D eigenvalue weighted by Gasteiger charge is -2.34. The summed E-state index contributed by atoms with van der Waals surface area (Å²) in [5, 5.41) is 11.1. The van der Waals surface area contributed by atoms with E-state index in [4.69, 9.17) is 15.9 Å². The Kier molecular flexibility index (Phi) is 8.29. The van der Waals surface area contributed by atoms with E-state index in [1.807, 2.05) is 0 Å². The molecule has 1 aromatic carbocycles. The highest BCUT2D eigenvalue weighted by Crippen LogP contribution is 2.49. The zero-order valence-corrected chi connectivity index (χ0v) is 20.7. The second kappa shape index (κ2) is 11.4. The summed E-state index contributed by atoms with van der Waals surface area (Å²) in [4.78, 5) is 28.2. The first-order valence-corrected chi connectivity index (χ1v) is 13.1. The van der Waals surface area contributed by atoms with Crippen LogP contribution in [0.3, 0.4) is 0 Å². The molecule has 3 fully saturated rings. The minimum atomic E-state index is -0.816. The largest absolute Gasteiger partial charge is 0.494 e. The highest BCUT2D eigenvalue weighted by atomic mass is 19.1. The zero-order valence-electron chi connectivity index (χ0n) is 20.7. The SMILES string of the molecule is COc1cc(CNC(=O)[C@@H](CC2CCCCC2)N(C(=N)N)C(=O)CC2C[C@@H]3CCC2C3)ccc1F. The molecular formula is C27H39FN4O3. The number of carbonyl (C=O) groups is 2. The van der Waals surface area contributed by atoms with E-state index in [9.17, 15) is 14.0 Å². The fourth-order valence-corrected chi connectivity index (χ4v) is 6.61. The van der Waals surface area contributed by atoms with Gasteiger partial charge in [-0.25, -0.2) is 4.39 Å². The molecule has 2 unspecified atom stereocenters. The first-order valence-electron chi connectivity index (χ1n) is 13.1. The third-order valence-electron chi connectivity index (χ3n) is 8.43. The van der Waals surface area contributed by atoms with Crippen LogP contribution in [-0.4, -0.2) is 35.8 Å². The average Bonchev–Trinajstić information content (AvgIpc) is 3.46. The van der Waals surface area contributed by atoms with Gasteiger partial charge in [0.1, 0.15) is 6.04 Å². The summed E-state index contributed by atoms with van der Waals surface area (Å²) in [6.45, 7) is 0.170. The maximum absolute atomic E-state index is 13.8. The van der Waals surface area contributed by atoms with E-state index in [0.717, 1.165) is 38.0 Å². The summed E-state index contributed by atoms with van der Waals surface area (Å²) < 4.78 is 18.8. The molecule has 3 saturated carbocycles. The molecule has 7 nitrogen and oxygen atoms in total. The van der Waals surface area contributed by atoms with Crippen LogP contribution in [0.15, 0.2) is 18.2 Å². The molecule has 2 bridgehead atoms. The van der Waals surface area contributed by atoms with Crippen LogP contribution in [0, 0.1) is 34.9 Å². The highest BCUT2D eigenvalue weighted by molar-refractivity contribution is 6.00. The van der Waals surface area contributed by atoms with Gasteiger partial charge in [0.05, 0.1) is 7.11 Å². The molecule has 4 N–H and O–H groups in total. The van der Waals surface area contributed by atoms with Gasteiger partial charge in [-0.1, -0.05) is 44.6 Å². The van der Waals surface area contributed by atoms with Gasteiger partial charge in [-0.2, -0.15) is 0 Å². The summed E-state index contributed by atoms with van der Waals surface area (Å²) in [5.41, 5.74) is 6.63. The lowest BCUT2D eigenvalue weighted by molar-refractivity contribution is -0.137. The lowest BCUT2D eigenvalue weighted by atomic mass is 9.83. The number of rotatable bonds is 9. The molecule has 8 heteroatoms. The van der Waals surface area contributed by atoms with Gasteiger partial charge in [0.2, 0.25) is 11.8 Å². The van der Waals surface area contributed by atoms with Crippen molar-refractivity contribution in [2.24, 2.45) is 29.4 Å². The highest BCUT2D eigenvalue weighted by Gasteiger charge is 2.42. The molecular weight excluding hydrogens is 447 g/mol. The number of halogens is 1. The normalized spacial score (nSPS) is 24.7. The van der Waals surface area contributed by atoms with Gasteiger partial charge in [0, 0.05) is 13.0 Å². The maximum Gasteiger partial charge on any atom is 0.243 e. The summed E-state index contributed by atoms with van der Waals surface area (Å²) in [6, 6.07) is 3.64. The minimum absolute atomic E-state index is 0.113. The van der Waals surface area contributed by atoms with Crippen LogP contribution >= 0.6 is 0 Å². The fraction of sp³-hybridized carbons (Fsp3) is 0.667. The van der Waals surface area contributed by atoms with E-state index >= 15 is 0 Å². The van der Waals surface area contributed by atoms with Crippen molar-refractivity contribution in [1.82, 2.24) is 10.2 Å². The second-order valence-corrected chi connectivity index (χ2v) is 10.7. The summed E-state index contributed by atoms with van der Waals surface area (Å²) in [5.74, 6) is 0.696. The Bertz CT molecular complexity index is 933. The van der Waals surface area contributed by atoms with Crippen LogP contribution in [0.1, 0.15) is 76.2 Å². The average molecular weight is 487 g/mol. The number of methoxy groups -OCH3 is 1. The monoisotopic (exact) mass is 486 g/mol. The molecule has 0 heterocycles. The molecule has 3 aliphatic carbocycles. The van der Waals surface area contributed by atoms with Gasteiger partial charge in [-0.05, 0) is 67.1 Å². The third kappa shape index (κ3) is 6.14. The lowest BCUT2D eigenvalue weighted by Crippen LogP contribution is -2.55. The Labute approximate surface area is 207 Å². The molecule has 4 atom stereocenters. The van der Waals surface area contributed by atoms with Gasteiger partial charge in [-0.15, -0.1) is 0 Å². The number of amides is 2. The van der Waals surface area contributed by atoms with Crippen LogP contribution in [0.5, 0.6) is 5.75 Å². The van der Waals surface area contributed by atoms with Crippen molar-refractivity contribution in [3.05, 3.63) is 29.6 Å². The van der Waals surface area contributed by atoms with Crippen LogP contribution in [-0.2, 0) is 16.1 Å². The Morgan fingerprint density at radius 3 is 2.60 bits per heavy atom. The molecule has 0 spiro atoms. The van der Waals surface area contributed by atoms with Crippen LogP contribution < -0.4 is 15.8 Å². The molecule has 4 rings (SSSR count). The Morgan fingerprint density at radius 2 is 1.97 bits per heavy atom. The predicted octanol–water partition coefficient (Wildman–Crippen LogP) is 4.34. The van der Waals surface area contributed by atoms with Gasteiger partial charge >= 0.3 is 0 Å². The van der Waals surface area contributed by atoms with E-state index in [0.29, 0.717) is 36.2 Å². The van der Waals surface area contributed by atoms with E-state index in [2.05, 4.69) is 5.32 Å². The smallest absolute Gasteiger partial charge is 0.243 e. The number of benzene rings is 1. The summed E-state index contributed by atoms with van der Waals surface area (Å²) >= 11 is 0. The number of carbonyl (C=O) groups excluding carboxylic acids is 2. The molecule has 1 aromatic rings. The van der Waals surface area contributed by atoms with E-state index < -0.39 is 11.9 Å². The van der Waals surface area contributed by atoms with E-state index in [-0.39, 0.29) is 30.1 Å². The Balaban J connectivity index is 1.48. The number of guanidine groups is 1. The molecule has 35 heavy (non-hydrogen) atoms. The number of ether oxygens (including phenoxy) is 1. The Hall–Kier alpha value is -2.64. The van der Waals surface area contributed by atoms with Crippen molar-refractivity contribution < 1.29 is 18.7 Å². The number of nitrogens with two attached hydrogens (primary N) is 1. The first-order chi connectivity index (χ1) is 16.9. The predicted molar refractivity (Wildman–Crippen MR) is 132 cm³/mol. The molecule has 3 aliphatic rings. The number of hydrogen-bond acceptors (Lipinski definition) is 4. The van der Waals surface area contributed by atoms with Gasteiger partial charge in [-0.3, -0.25) is 19.9 Å². The van der Waals surface area contributed by atoms with E-state index in [1.165, 1.54) is 43.8 Å². The van der Waals surface area contributed by atoms with Crippen molar-refractivity contribution in [3.63, 3.8) is 0 Å². The van der Waals surface area contributed by atoms with Crippen molar-refractivity contribution in [2.75, 3.05) is 7.11 Å². The van der Waals surface area contributed by atoms with Crippen LogP contribution in [0.25, 0.3) is 0 Å². The van der Waals surface area contributed by atoms with Crippen molar-refractivity contribution >= 4 is 17.8 Å². The zero-order chi connectivity index (χ0) is 24.9. The Morgan fingerprint density at radius 1 is 1.20 bits per heavy atom. The molecule has 0 saturated heterocycles. The topological polar surface area (TPSA) is 109 Å². The van der Waals surface area contributed by atoms with Gasteiger partial charge in [0.25, 0.3) is 0 Å². The van der Waals surface area contributed by atoms with Crippen LogP contribution in [0.2, 0.25) is 0 Å². The first kappa shape index (κ1) is 25.5. The molecule has 0 aliphatic heterocycles. The minimum Gasteiger partial charge on any atom is -0.494 e. The fourth-order valence-electron chi connectivity index (χ4n) is 6.61. The van der Waals surface area contributed by atoms with Gasteiger partial charge in [0.15, 0.2) is 17.5 Å². The van der Waals surface area contributed by atoms with Crippen LogP contribution in [0.4, 0.5) is 4.39 Å².